The van der Waals surface area contributed by atoms with Crippen LogP contribution in [-0.4, -0.2) is 148 Å². The Balaban J connectivity index is 0.857. The number of allylic oxidation sites excluding steroid dienone is 2. The van der Waals surface area contributed by atoms with Gasteiger partial charge in [0.25, 0.3) is 0 Å². The summed E-state index contributed by atoms with van der Waals surface area (Å²) >= 11 is 0. The zero-order valence-electron chi connectivity index (χ0n) is 69.9. The fraction of sp³-hybridized carbons (Fsp3) is 0.396. The number of fused-ring (bicyclic) bond motifs is 7. The van der Waals surface area contributed by atoms with Crippen LogP contribution in [0.15, 0.2) is 267 Å². The van der Waals surface area contributed by atoms with Gasteiger partial charge in [0.1, 0.15) is 25.4 Å². The van der Waals surface area contributed by atoms with Gasteiger partial charge in [-0.3, -0.25) is 4.79 Å². The summed E-state index contributed by atoms with van der Waals surface area (Å²) in [6.45, 7) is 16.1. The van der Waals surface area contributed by atoms with Crippen molar-refractivity contribution in [2.45, 2.75) is 173 Å². The second-order valence-corrected chi connectivity index (χ2v) is 35.2. The highest BCUT2D eigenvalue weighted by molar-refractivity contribution is 5.94. The predicted molar refractivity (Wildman–Crippen MR) is 450 cm³/mol. The molecule has 0 amide bonds. The first-order valence-corrected chi connectivity index (χ1v) is 42.4. The van der Waals surface area contributed by atoms with Gasteiger partial charge in [-0.15, -0.1) is 0 Å². The predicted octanol–water partition coefficient (Wildman–Crippen LogP) is 17.4. The van der Waals surface area contributed by atoms with E-state index in [1.54, 1.807) is 158 Å². The van der Waals surface area contributed by atoms with Crippen molar-refractivity contribution < 1.29 is 105 Å². The molecule has 19 atom stereocenters. The molecule has 0 aromatic heterocycles. The van der Waals surface area contributed by atoms with E-state index in [1.165, 1.54) is 90.5 Å². The van der Waals surface area contributed by atoms with Gasteiger partial charge in [-0.2, -0.15) is 0 Å². The Kier molecular flexibility index (Phi) is 25.8. The minimum Gasteiger partial charge on any atom is -0.461 e. The van der Waals surface area contributed by atoms with E-state index >= 15 is 19.2 Å². The van der Waals surface area contributed by atoms with Crippen LogP contribution in [0.1, 0.15) is 189 Å². The molecule has 22 nitrogen and oxygen atoms in total. The van der Waals surface area contributed by atoms with Crippen molar-refractivity contribution >= 4 is 53.7 Å². The zero-order chi connectivity index (χ0) is 86.3. The van der Waals surface area contributed by atoms with Gasteiger partial charge >= 0.3 is 53.7 Å². The van der Waals surface area contributed by atoms with E-state index < -0.39 is 145 Å². The van der Waals surface area contributed by atoms with Crippen molar-refractivity contribution in [3.63, 3.8) is 0 Å². The van der Waals surface area contributed by atoms with Crippen LogP contribution >= 0.6 is 0 Å². The van der Waals surface area contributed by atoms with Crippen LogP contribution in [0.4, 0.5) is 0 Å². The fourth-order valence-corrected chi connectivity index (χ4v) is 20.8. The summed E-state index contributed by atoms with van der Waals surface area (Å²) in [7, 11) is 0. The number of rotatable bonds is 26. The molecule has 0 bridgehead atoms. The maximum atomic E-state index is 15.4. The summed E-state index contributed by atoms with van der Waals surface area (Å²) < 4.78 is 87.4. The van der Waals surface area contributed by atoms with E-state index in [-0.39, 0.29) is 98.5 Å². The first kappa shape index (κ1) is 86.3. The van der Waals surface area contributed by atoms with E-state index in [9.17, 15) is 24.0 Å². The average molecular weight is 1670 g/mol. The molecule has 8 aromatic carbocycles. The minimum atomic E-state index is -1.99. The third kappa shape index (κ3) is 17.8. The summed E-state index contributed by atoms with van der Waals surface area (Å²) in [5, 5.41) is 0. The van der Waals surface area contributed by atoms with Gasteiger partial charge in [0.2, 0.25) is 0 Å². The number of carbonyl (C=O) groups excluding carboxylic acids is 9. The van der Waals surface area contributed by atoms with Crippen molar-refractivity contribution in [1.29, 1.82) is 0 Å². The maximum absolute atomic E-state index is 15.4. The van der Waals surface area contributed by atoms with Crippen LogP contribution in [0.25, 0.3) is 0 Å². The first-order valence-electron chi connectivity index (χ1n) is 42.4. The van der Waals surface area contributed by atoms with Gasteiger partial charge < -0.3 is 61.6 Å². The van der Waals surface area contributed by atoms with Crippen LogP contribution < -0.4 is 0 Å². The highest BCUT2D eigenvalue weighted by Gasteiger charge is 2.71. The standard InChI is InChI=1S/C101H104O22/c1-8-59-111-95(110)101-57-55-96(2,3)60-73(101)72-49-50-77-97(4)53-52-78(98(5,63-114-86(103)65-35-19-10-20-36-65)76(97)51-54-100(77,7)99(72,6)56-58-101)117-94-84(123-92(109)71-47-31-16-32-48-71)82(121-90(107)69-43-27-14-28-44-69)80(119-88(105)67-39-23-12-24-40-67)75(116-94)62-113-93-83(122-91(108)70-45-29-15-30-46-70)81(120-89(106)68-41-25-13-26-42-68)79(118-87(104)66-37-21-11-22-38-66)74(115-93)61-112-85(102)64-33-17-9-18-34-64/h8-49,73-84,93-94H,1,50-63H2,2-7H3/t73-,74+,75+,76?,77+,78-,79+,80+,81-,82-,83+,84+,93+,94-,97-,98-,99+,100+,101-/m0/s1. The molecule has 5 aliphatic carbocycles. The van der Waals surface area contributed by atoms with Gasteiger partial charge in [0, 0.05) is 5.41 Å². The normalized spacial score (nSPS) is 30.3. The molecule has 22 heteroatoms. The second-order valence-electron chi connectivity index (χ2n) is 35.2. The summed E-state index contributed by atoms with van der Waals surface area (Å²) in [4.78, 5) is 134. The monoisotopic (exact) mass is 1670 g/mol. The quantitative estimate of drug-likeness (QED) is 0.0211. The topological polar surface area (TPSA) is 274 Å². The molecule has 123 heavy (non-hydrogen) atoms. The number of hydrogen-bond donors (Lipinski definition) is 0. The molecular weight excluding hydrogens is 1570 g/mol. The summed E-state index contributed by atoms with van der Waals surface area (Å²) in [5.74, 6) is -7.67. The molecule has 0 radical (unpaired) electrons. The molecule has 6 fully saturated rings. The summed E-state index contributed by atoms with van der Waals surface area (Å²) in [5.41, 5.74) is -1.06. The Morgan fingerprint density at radius 3 is 1.20 bits per heavy atom. The van der Waals surface area contributed by atoms with Crippen molar-refractivity contribution in [3.05, 3.63) is 311 Å². The second kappa shape index (κ2) is 36.8. The largest absolute Gasteiger partial charge is 0.461 e. The van der Waals surface area contributed by atoms with Crippen LogP contribution in [-0.2, 0) is 66.4 Å². The lowest BCUT2D eigenvalue weighted by atomic mass is 9.33. The number of benzene rings is 8. The Morgan fingerprint density at radius 1 is 0.390 bits per heavy atom. The Hall–Kier alpha value is -11.7. The number of hydrogen-bond acceptors (Lipinski definition) is 22. The third-order valence-electron chi connectivity index (χ3n) is 27.5. The van der Waals surface area contributed by atoms with E-state index in [4.69, 9.17) is 61.6 Å². The molecule has 7 aliphatic rings. The van der Waals surface area contributed by atoms with Crippen LogP contribution in [0, 0.1) is 50.2 Å². The smallest absolute Gasteiger partial charge is 0.338 e. The first-order chi connectivity index (χ1) is 59.3. The van der Waals surface area contributed by atoms with Crippen molar-refractivity contribution in [2.24, 2.45) is 50.2 Å². The molecule has 640 valence electrons. The van der Waals surface area contributed by atoms with Crippen molar-refractivity contribution in [1.82, 2.24) is 0 Å². The summed E-state index contributed by atoms with van der Waals surface area (Å²) in [6.07, 6.45) is -8.66. The number of ether oxygens (including phenoxy) is 13. The average Bonchev–Trinajstić information content (AvgIpc) is 0.672. The molecule has 0 spiro atoms. The summed E-state index contributed by atoms with van der Waals surface area (Å²) in [6, 6.07) is 64.3. The molecule has 2 heterocycles. The molecule has 2 aliphatic heterocycles. The molecule has 4 saturated carbocycles. The minimum absolute atomic E-state index is 0.0128. The highest BCUT2D eigenvalue weighted by Crippen LogP contribution is 2.76. The van der Waals surface area contributed by atoms with Gasteiger partial charge in [0.15, 0.2) is 49.2 Å². The third-order valence-corrected chi connectivity index (χ3v) is 27.5. The molecule has 1 unspecified atom stereocenters. The van der Waals surface area contributed by atoms with Crippen molar-refractivity contribution in [2.75, 3.05) is 26.4 Å². The van der Waals surface area contributed by atoms with Crippen molar-refractivity contribution in [3.8, 4) is 0 Å². The maximum Gasteiger partial charge on any atom is 0.338 e. The van der Waals surface area contributed by atoms with E-state index in [0.29, 0.717) is 31.2 Å². The Labute approximate surface area is 716 Å². The highest BCUT2D eigenvalue weighted by atomic mass is 16.8. The molecule has 8 aromatic rings. The SMILES string of the molecule is C=CCOC(=O)[C@]12CCC(C)(C)C[C@H]1C1=CC[C@@H]3[C@@]4(C)CC[C@H](O[C@@H]5O[C@H](CO[C@@H]6O[C@H](COC(=O)c7ccccc7)[C@@H](OC(=O)c7ccccc7)[C@H](OC(=O)c7ccccc7)[C@H]6OC(=O)c6ccccc6)[C@@H](OC(=O)c6ccccc6)[C@H](OC(=O)c6ccccc6)[C@H]5OC(=O)c5ccccc5)[C@@](C)(COC(=O)c5ccccc5)C4CC[C@@]3(C)[C@]1(C)CC2. The van der Waals surface area contributed by atoms with Crippen LogP contribution in [0.2, 0.25) is 0 Å². The van der Waals surface area contributed by atoms with Crippen LogP contribution in [0.3, 0.4) is 0 Å². The van der Waals surface area contributed by atoms with Gasteiger partial charge in [-0.1, -0.05) is 211 Å². The molecule has 15 rings (SSSR count). The van der Waals surface area contributed by atoms with Crippen LogP contribution in [0.5, 0.6) is 0 Å². The zero-order valence-corrected chi connectivity index (χ0v) is 69.9. The van der Waals surface area contributed by atoms with Gasteiger partial charge in [-0.25, -0.2) is 38.4 Å². The lowest BCUT2D eigenvalue weighted by Crippen LogP contribution is -2.68. The molecule has 2 saturated heterocycles. The molecule has 0 N–H and O–H groups in total. The van der Waals surface area contributed by atoms with E-state index in [1.807, 2.05) is 6.07 Å². The van der Waals surface area contributed by atoms with E-state index in [0.717, 1.165) is 32.1 Å². The fourth-order valence-electron chi connectivity index (χ4n) is 20.8. The Morgan fingerprint density at radius 2 is 0.764 bits per heavy atom. The lowest BCUT2D eigenvalue weighted by Gasteiger charge is -2.71. The lowest BCUT2D eigenvalue weighted by molar-refractivity contribution is -0.344. The number of carbonyl (C=O) groups is 9. The van der Waals surface area contributed by atoms with Gasteiger partial charge in [-0.05, 0) is 201 Å². The number of esters is 9. The van der Waals surface area contributed by atoms with E-state index in [2.05, 4.69) is 54.2 Å². The molecular formula is C101H104O22. The van der Waals surface area contributed by atoms with Gasteiger partial charge in [0.05, 0.1) is 69.2 Å². The Bertz CT molecular complexity index is 5130.